The molecule has 0 saturated carbocycles. The van der Waals surface area contributed by atoms with E-state index in [9.17, 15) is 14.7 Å². The number of carbonyl (C=O) groups excluding carboxylic acids is 2. The molecule has 2 heterocycles. The molecule has 1 atom stereocenters. The number of methoxy groups -OCH3 is 1. The number of ether oxygens (including phenoxy) is 1. The molecule has 164 valence electrons. The molecule has 0 bridgehead atoms. The third-order valence-corrected chi connectivity index (χ3v) is 5.92. The van der Waals surface area contributed by atoms with Crippen molar-refractivity contribution in [1.82, 2.24) is 14.5 Å². The number of halogens is 1. The highest BCUT2D eigenvalue weighted by molar-refractivity contribution is 9.10. The molecule has 32 heavy (non-hydrogen) atoms. The lowest BCUT2D eigenvalue weighted by Crippen LogP contribution is -2.31. The molecule has 4 rings (SSSR count). The van der Waals surface area contributed by atoms with Crippen LogP contribution >= 0.6 is 15.9 Å². The van der Waals surface area contributed by atoms with Crippen LogP contribution in [0.3, 0.4) is 0 Å². The molecule has 8 heteroatoms. The zero-order chi connectivity index (χ0) is 22.7. The fraction of sp³-hybridized carbons (Fsp3) is 0.208. The number of Topliss-reactive ketones (excluding diaryl/α,β-unsaturated/α-hetero) is 1. The van der Waals surface area contributed by atoms with Crippen LogP contribution in [0.1, 0.15) is 23.6 Å². The second-order valence-electron chi connectivity index (χ2n) is 7.43. The number of likely N-dealkylation sites (tertiary alicyclic amines) is 1. The lowest BCUT2D eigenvalue weighted by atomic mass is 9.95. The Morgan fingerprint density at radius 1 is 1.16 bits per heavy atom. The zero-order valence-corrected chi connectivity index (χ0v) is 19.0. The van der Waals surface area contributed by atoms with Gasteiger partial charge in [0.25, 0.3) is 11.7 Å². The van der Waals surface area contributed by atoms with Crippen molar-refractivity contribution in [1.29, 1.82) is 0 Å². The van der Waals surface area contributed by atoms with Gasteiger partial charge in [0.05, 0.1) is 25.1 Å². The van der Waals surface area contributed by atoms with Crippen molar-refractivity contribution in [3.05, 3.63) is 88.4 Å². The number of imidazole rings is 1. The molecule has 1 aromatic heterocycles. The number of hydrogen-bond acceptors (Lipinski definition) is 5. The van der Waals surface area contributed by atoms with E-state index in [4.69, 9.17) is 4.74 Å². The van der Waals surface area contributed by atoms with Gasteiger partial charge in [-0.15, -0.1) is 0 Å². The van der Waals surface area contributed by atoms with Crippen molar-refractivity contribution in [3.8, 4) is 5.75 Å². The van der Waals surface area contributed by atoms with Crippen LogP contribution in [0, 0.1) is 0 Å². The monoisotopic (exact) mass is 495 g/mol. The Labute approximate surface area is 194 Å². The van der Waals surface area contributed by atoms with Crippen molar-refractivity contribution in [2.45, 2.75) is 19.0 Å². The van der Waals surface area contributed by atoms with Gasteiger partial charge in [-0.05, 0) is 36.2 Å². The van der Waals surface area contributed by atoms with Gasteiger partial charge >= 0.3 is 0 Å². The fourth-order valence-corrected chi connectivity index (χ4v) is 4.32. The number of aromatic nitrogens is 2. The molecular formula is C24H22BrN3O4. The first-order valence-electron chi connectivity index (χ1n) is 10.1. The summed E-state index contributed by atoms with van der Waals surface area (Å²) in [7, 11) is 1.53. The topological polar surface area (TPSA) is 84.7 Å². The Kier molecular flexibility index (Phi) is 6.41. The molecule has 0 unspecified atom stereocenters. The number of nitrogens with zero attached hydrogens (tertiary/aromatic N) is 3. The molecule has 1 saturated heterocycles. The van der Waals surface area contributed by atoms with E-state index in [1.807, 2.05) is 35.0 Å². The number of hydrogen-bond donors (Lipinski definition) is 1. The first-order chi connectivity index (χ1) is 15.5. The summed E-state index contributed by atoms with van der Waals surface area (Å²) in [6.45, 7) is 1.01. The summed E-state index contributed by atoms with van der Waals surface area (Å²) in [6.07, 6.45) is 5.89. The molecule has 1 aliphatic rings. The lowest BCUT2D eigenvalue weighted by Gasteiger charge is -2.25. The van der Waals surface area contributed by atoms with E-state index < -0.39 is 17.7 Å². The number of rotatable bonds is 7. The summed E-state index contributed by atoms with van der Waals surface area (Å²) in [6, 6.07) is 13.5. The van der Waals surface area contributed by atoms with E-state index in [0.29, 0.717) is 30.8 Å². The van der Waals surface area contributed by atoms with Crippen LogP contribution < -0.4 is 4.74 Å². The lowest BCUT2D eigenvalue weighted by molar-refractivity contribution is -0.139. The van der Waals surface area contributed by atoms with Crippen molar-refractivity contribution in [3.63, 3.8) is 0 Å². The maximum Gasteiger partial charge on any atom is 0.295 e. The Morgan fingerprint density at radius 2 is 1.97 bits per heavy atom. The van der Waals surface area contributed by atoms with Crippen LogP contribution in [-0.4, -0.2) is 44.9 Å². The quantitative estimate of drug-likeness (QED) is 0.302. The van der Waals surface area contributed by atoms with E-state index in [2.05, 4.69) is 20.9 Å². The Morgan fingerprint density at radius 3 is 2.69 bits per heavy atom. The molecule has 1 N–H and O–H groups in total. The third kappa shape index (κ3) is 4.31. The van der Waals surface area contributed by atoms with Gasteiger partial charge in [0.2, 0.25) is 0 Å². The summed E-state index contributed by atoms with van der Waals surface area (Å²) in [5.74, 6) is -0.991. The molecule has 1 fully saturated rings. The molecule has 0 spiro atoms. The molecule has 3 aromatic rings. The molecule has 1 aliphatic heterocycles. The van der Waals surface area contributed by atoms with E-state index in [-0.39, 0.29) is 11.3 Å². The number of aliphatic hydroxyl groups excluding tert-OH is 1. The predicted octanol–water partition coefficient (Wildman–Crippen LogP) is 4.17. The smallest absolute Gasteiger partial charge is 0.295 e. The second-order valence-corrected chi connectivity index (χ2v) is 8.35. The maximum absolute atomic E-state index is 13.1. The Hall–Kier alpha value is -3.39. The van der Waals surface area contributed by atoms with Gasteiger partial charge in [-0.25, -0.2) is 4.98 Å². The van der Waals surface area contributed by atoms with Crippen molar-refractivity contribution in [2.24, 2.45) is 0 Å². The fourth-order valence-electron chi connectivity index (χ4n) is 3.90. The number of ketones is 1. The minimum absolute atomic E-state index is 0.0731. The minimum Gasteiger partial charge on any atom is -0.507 e. The van der Waals surface area contributed by atoms with Gasteiger partial charge in [0, 0.05) is 35.5 Å². The van der Waals surface area contributed by atoms with Crippen LogP contribution in [0.15, 0.2) is 77.3 Å². The first kappa shape index (κ1) is 21.8. The number of benzene rings is 2. The van der Waals surface area contributed by atoms with E-state index in [1.165, 1.54) is 12.0 Å². The van der Waals surface area contributed by atoms with Crippen LogP contribution in [0.4, 0.5) is 0 Å². The van der Waals surface area contributed by atoms with Gasteiger partial charge in [-0.2, -0.15) is 0 Å². The highest BCUT2D eigenvalue weighted by Gasteiger charge is 2.45. The Bertz CT molecular complexity index is 1170. The normalized spacial score (nSPS) is 17.7. The zero-order valence-electron chi connectivity index (χ0n) is 17.4. The van der Waals surface area contributed by atoms with E-state index >= 15 is 0 Å². The van der Waals surface area contributed by atoms with Crippen LogP contribution in [0.5, 0.6) is 5.75 Å². The molecular weight excluding hydrogens is 474 g/mol. The van der Waals surface area contributed by atoms with Crippen LogP contribution in [0.2, 0.25) is 0 Å². The first-order valence-corrected chi connectivity index (χ1v) is 10.9. The molecule has 0 aliphatic carbocycles. The van der Waals surface area contributed by atoms with E-state index in [0.717, 1.165) is 10.0 Å². The molecule has 7 nitrogen and oxygen atoms in total. The number of aryl methyl sites for hydroxylation is 1. The predicted molar refractivity (Wildman–Crippen MR) is 123 cm³/mol. The van der Waals surface area contributed by atoms with Gasteiger partial charge in [-0.3, -0.25) is 9.59 Å². The maximum atomic E-state index is 13.1. The van der Waals surface area contributed by atoms with Gasteiger partial charge in [-0.1, -0.05) is 40.2 Å². The van der Waals surface area contributed by atoms with Crippen LogP contribution in [-0.2, 0) is 16.1 Å². The molecule has 1 amide bonds. The minimum atomic E-state index is -0.696. The highest BCUT2D eigenvalue weighted by Crippen LogP contribution is 2.40. The number of aliphatic hydroxyl groups is 1. The summed E-state index contributed by atoms with van der Waals surface area (Å²) in [5, 5.41) is 11.1. The van der Waals surface area contributed by atoms with Crippen molar-refractivity contribution in [2.75, 3.05) is 13.7 Å². The average molecular weight is 496 g/mol. The van der Waals surface area contributed by atoms with E-state index in [1.54, 1.807) is 36.8 Å². The number of carbonyl (C=O) groups is 2. The van der Waals surface area contributed by atoms with Gasteiger partial charge in [0.1, 0.15) is 11.5 Å². The molecule has 2 aromatic carbocycles. The average Bonchev–Trinajstić information content (AvgIpc) is 3.41. The second kappa shape index (κ2) is 9.40. The highest BCUT2D eigenvalue weighted by atomic mass is 79.9. The SMILES string of the molecule is COc1cccc(/C(O)=C2\C(=O)C(=O)N(CCCn3ccnc3)[C@@H]2c2cccc(Br)c2)c1. The summed E-state index contributed by atoms with van der Waals surface area (Å²) in [5.41, 5.74) is 1.23. The van der Waals surface area contributed by atoms with Gasteiger partial charge in [0.15, 0.2) is 0 Å². The van der Waals surface area contributed by atoms with Crippen molar-refractivity contribution < 1.29 is 19.4 Å². The Balaban J connectivity index is 1.75. The summed E-state index contributed by atoms with van der Waals surface area (Å²) in [4.78, 5) is 31.7. The van der Waals surface area contributed by atoms with Crippen LogP contribution in [0.25, 0.3) is 5.76 Å². The third-order valence-electron chi connectivity index (χ3n) is 5.42. The standard InChI is InChI=1S/C24H22BrN3O4/c1-32-19-8-3-6-17(14-19)22(29)20-21(16-5-2-7-18(25)13-16)28(24(31)23(20)30)11-4-10-27-12-9-26-15-27/h2-3,5-9,12-15,21,29H,4,10-11H2,1H3/b22-20+/t21-/m1/s1. The largest absolute Gasteiger partial charge is 0.507 e. The van der Waals surface area contributed by atoms with Gasteiger partial charge < -0.3 is 19.3 Å². The number of amides is 1. The summed E-state index contributed by atoms with van der Waals surface area (Å²) < 4.78 is 7.98. The molecule has 0 radical (unpaired) electrons. The summed E-state index contributed by atoms with van der Waals surface area (Å²) >= 11 is 3.47. The van der Waals surface area contributed by atoms with Crippen molar-refractivity contribution >= 4 is 33.4 Å².